The van der Waals surface area contributed by atoms with Gasteiger partial charge in [-0.05, 0) is 32.4 Å². The van der Waals surface area contributed by atoms with Crippen molar-refractivity contribution in [3.8, 4) is 11.3 Å². The van der Waals surface area contributed by atoms with Crippen LogP contribution in [0, 0.1) is 13.8 Å². The third-order valence-electron chi connectivity index (χ3n) is 2.96. The number of aryl methyl sites for hydroxylation is 2. The van der Waals surface area contributed by atoms with Gasteiger partial charge in [0.2, 0.25) is 0 Å². The lowest BCUT2D eigenvalue weighted by Gasteiger charge is -2.06. The van der Waals surface area contributed by atoms with Crippen LogP contribution in [0.15, 0.2) is 24.3 Å². The average Bonchev–Trinajstić information content (AvgIpc) is 2.74. The Morgan fingerprint density at radius 2 is 2.00 bits per heavy atom. The summed E-state index contributed by atoms with van der Waals surface area (Å²) in [5.74, 6) is -0.753. The molecule has 0 aliphatic carbocycles. The summed E-state index contributed by atoms with van der Waals surface area (Å²) in [7, 11) is 0. The number of hydrogen-bond acceptors (Lipinski definition) is 4. The van der Waals surface area contributed by atoms with Crippen molar-refractivity contribution in [3.63, 3.8) is 0 Å². The average molecular weight is 290 g/mol. The summed E-state index contributed by atoms with van der Waals surface area (Å²) in [5, 5.41) is 12.9. The zero-order valence-corrected chi connectivity index (χ0v) is 12.5. The number of nitrogens with zero attached hydrogens (tertiary/aromatic N) is 1. The van der Waals surface area contributed by atoms with Crippen molar-refractivity contribution in [3.05, 3.63) is 34.2 Å². The molecule has 0 spiro atoms. The van der Waals surface area contributed by atoms with Crippen molar-refractivity contribution in [2.24, 2.45) is 0 Å². The highest BCUT2D eigenvalue weighted by molar-refractivity contribution is 7.11. The Balaban J connectivity index is 1.96. The van der Waals surface area contributed by atoms with E-state index in [1.807, 2.05) is 31.2 Å². The Labute approximate surface area is 122 Å². The first kappa shape index (κ1) is 14.5. The molecule has 1 aromatic heterocycles. The van der Waals surface area contributed by atoms with Crippen molar-refractivity contribution >= 4 is 23.0 Å². The Kier molecular flexibility index (Phi) is 4.74. The molecule has 0 fully saturated rings. The van der Waals surface area contributed by atoms with Gasteiger partial charge in [-0.3, -0.25) is 4.79 Å². The Morgan fingerprint density at radius 1 is 1.30 bits per heavy atom. The molecule has 0 saturated heterocycles. The van der Waals surface area contributed by atoms with E-state index in [2.05, 4.69) is 17.2 Å². The van der Waals surface area contributed by atoms with Gasteiger partial charge in [0.1, 0.15) is 0 Å². The topological polar surface area (TPSA) is 62.2 Å². The molecule has 0 amide bonds. The van der Waals surface area contributed by atoms with Crippen LogP contribution in [0.5, 0.6) is 0 Å². The second kappa shape index (κ2) is 6.52. The molecule has 0 bridgehead atoms. The van der Waals surface area contributed by atoms with E-state index in [0.29, 0.717) is 13.0 Å². The first-order valence-corrected chi connectivity index (χ1v) is 7.38. The minimum absolute atomic E-state index is 0.197. The molecule has 0 aliphatic rings. The van der Waals surface area contributed by atoms with Gasteiger partial charge in [-0.25, -0.2) is 4.98 Å². The summed E-state index contributed by atoms with van der Waals surface area (Å²) in [6, 6.07) is 8.09. The Morgan fingerprint density at radius 3 is 2.55 bits per heavy atom. The smallest absolute Gasteiger partial charge is 0.303 e. The molecule has 1 aromatic carbocycles. The van der Waals surface area contributed by atoms with Crippen LogP contribution in [0.3, 0.4) is 0 Å². The first-order chi connectivity index (χ1) is 9.56. The summed E-state index contributed by atoms with van der Waals surface area (Å²) < 4.78 is 0. The van der Waals surface area contributed by atoms with Gasteiger partial charge in [0.15, 0.2) is 0 Å². The third-order valence-corrected chi connectivity index (χ3v) is 3.84. The molecule has 106 valence electrons. The zero-order valence-electron chi connectivity index (χ0n) is 11.6. The van der Waals surface area contributed by atoms with Crippen LogP contribution >= 0.6 is 11.3 Å². The maximum Gasteiger partial charge on any atom is 0.303 e. The minimum atomic E-state index is -0.753. The highest BCUT2D eigenvalue weighted by atomic mass is 32.1. The highest BCUT2D eigenvalue weighted by Gasteiger charge is 2.07. The molecule has 1 heterocycles. The van der Waals surface area contributed by atoms with E-state index in [1.54, 1.807) is 11.3 Å². The van der Waals surface area contributed by atoms with Crippen LogP contribution in [0.4, 0.5) is 5.69 Å². The lowest BCUT2D eigenvalue weighted by atomic mass is 10.1. The van der Waals surface area contributed by atoms with E-state index in [9.17, 15) is 4.79 Å². The van der Waals surface area contributed by atoms with Crippen LogP contribution < -0.4 is 5.32 Å². The number of carbonyl (C=O) groups is 1. The number of thiazole rings is 1. The fourth-order valence-corrected chi connectivity index (χ4v) is 2.86. The lowest BCUT2D eigenvalue weighted by Crippen LogP contribution is -2.04. The minimum Gasteiger partial charge on any atom is -0.481 e. The number of carboxylic acid groups (broad SMARTS) is 1. The van der Waals surface area contributed by atoms with Crippen LogP contribution in [0.1, 0.15) is 22.7 Å². The van der Waals surface area contributed by atoms with E-state index >= 15 is 0 Å². The molecule has 5 heteroatoms. The van der Waals surface area contributed by atoms with E-state index < -0.39 is 5.97 Å². The fourth-order valence-electron chi connectivity index (χ4n) is 2.01. The second-order valence-corrected chi connectivity index (χ2v) is 6.05. The van der Waals surface area contributed by atoms with Gasteiger partial charge in [0.05, 0.1) is 10.7 Å². The molecule has 0 unspecified atom stereocenters. The molecular formula is C15H18N2O2S. The standard InChI is InChI=1S/C15H18N2O2S/c1-10-15(17-11(2)20-10)12-5-7-13(8-6-12)16-9-3-4-14(18)19/h5-8,16H,3-4,9H2,1-2H3,(H,18,19). The van der Waals surface area contributed by atoms with Gasteiger partial charge >= 0.3 is 5.97 Å². The quantitative estimate of drug-likeness (QED) is 0.796. The molecule has 4 nitrogen and oxygen atoms in total. The second-order valence-electron chi connectivity index (χ2n) is 4.64. The van der Waals surface area contributed by atoms with Crippen LogP contribution in [-0.2, 0) is 4.79 Å². The van der Waals surface area contributed by atoms with Gasteiger partial charge < -0.3 is 10.4 Å². The number of aromatic nitrogens is 1. The Hall–Kier alpha value is -1.88. The molecule has 0 radical (unpaired) electrons. The maximum atomic E-state index is 10.4. The van der Waals surface area contributed by atoms with Crippen LogP contribution in [-0.4, -0.2) is 22.6 Å². The van der Waals surface area contributed by atoms with Crippen molar-refractivity contribution in [2.75, 3.05) is 11.9 Å². The van der Waals surface area contributed by atoms with Gasteiger partial charge in [-0.2, -0.15) is 0 Å². The predicted octanol–water partition coefficient (Wildman–Crippen LogP) is 3.70. The largest absolute Gasteiger partial charge is 0.481 e. The van der Waals surface area contributed by atoms with Gasteiger partial charge in [-0.15, -0.1) is 11.3 Å². The van der Waals surface area contributed by atoms with Crippen molar-refractivity contribution < 1.29 is 9.90 Å². The molecule has 20 heavy (non-hydrogen) atoms. The molecule has 0 saturated carbocycles. The number of nitrogens with one attached hydrogen (secondary N) is 1. The molecule has 0 aliphatic heterocycles. The number of rotatable bonds is 6. The summed E-state index contributed by atoms with van der Waals surface area (Å²) in [4.78, 5) is 16.2. The van der Waals surface area contributed by atoms with E-state index in [-0.39, 0.29) is 6.42 Å². The SMILES string of the molecule is Cc1nc(-c2ccc(NCCCC(=O)O)cc2)c(C)s1. The van der Waals surface area contributed by atoms with E-state index in [4.69, 9.17) is 5.11 Å². The Bertz CT molecular complexity index is 590. The normalized spacial score (nSPS) is 10.5. The van der Waals surface area contributed by atoms with Crippen LogP contribution in [0.25, 0.3) is 11.3 Å². The monoisotopic (exact) mass is 290 g/mol. The van der Waals surface area contributed by atoms with Crippen molar-refractivity contribution in [2.45, 2.75) is 26.7 Å². The maximum absolute atomic E-state index is 10.4. The van der Waals surface area contributed by atoms with Crippen molar-refractivity contribution in [1.82, 2.24) is 4.98 Å². The highest BCUT2D eigenvalue weighted by Crippen LogP contribution is 2.27. The molecule has 0 atom stereocenters. The summed E-state index contributed by atoms with van der Waals surface area (Å²) >= 11 is 1.71. The van der Waals surface area contributed by atoms with Crippen LogP contribution in [0.2, 0.25) is 0 Å². The summed E-state index contributed by atoms with van der Waals surface area (Å²) in [6.07, 6.45) is 0.823. The van der Waals surface area contributed by atoms with E-state index in [1.165, 1.54) is 4.88 Å². The van der Waals surface area contributed by atoms with Gasteiger partial charge in [0, 0.05) is 29.1 Å². The molecule has 2 rings (SSSR count). The molecular weight excluding hydrogens is 272 g/mol. The number of carboxylic acids is 1. The molecule has 2 aromatic rings. The third kappa shape index (κ3) is 3.81. The van der Waals surface area contributed by atoms with Crippen molar-refractivity contribution in [1.29, 1.82) is 0 Å². The molecule has 2 N–H and O–H groups in total. The van der Waals surface area contributed by atoms with Gasteiger partial charge in [0.25, 0.3) is 0 Å². The zero-order chi connectivity index (χ0) is 14.5. The predicted molar refractivity (Wildman–Crippen MR) is 82.4 cm³/mol. The summed E-state index contributed by atoms with van der Waals surface area (Å²) in [5.41, 5.74) is 3.16. The number of aliphatic carboxylic acids is 1. The van der Waals surface area contributed by atoms with Gasteiger partial charge in [-0.1, -0.05) is 12.1 Å². The first-order valence-electron chi connectivity index (χ1n) is 6.56. The number of anilines is 1. The fraction of sp³-hybridized carbons (Fsp3) is 0.333. The summed E-state index contributed by atoms with van der Waals surface area (Å²) in [6.45, 7) is 4.76. The van der Waals surface area contributed by atoms with E-state index in [0.717, 1.165) is 22.0 Å². The number of hydrogen-bond donors (Lipinski definition) is 2. The lowest BCUT2D eigenvalue weighted by molar-refractivity contribution is -0.137. The number of benzene rings is 1.